The molecule has 3 saturated carbocycles. The topological polar surface area (TPSA) is 78.9 Å². The first-order valence-corrected chi connectivity index (χ1v) is 19.2. The summed E-state index contributed by atoms with van der Waals surface area (Å²) < 4.78 is 31.3. The molecule has 0 aromatic heterocycles. The molecule has 1 aliphatic heterocycles. The summed E-state index contributed by atoms with van der Waals surface area (Å²) in [5.74, 6) is 4.29. The average molecular weight is 631 g/mol. The highest BCUT2D eigenvalue weighted by Crippen LogP contribution is 2.68. The van der Waals surface area contributed by atoms with Gasteiger partial charge in [-0.25, -0.2) is 18.2 Å². The standard InChI is InChI=1S/C37H58O6S/c1-25(2)11-10-12-26(3)32-17-18-33-31-16-15-27(21-35(38)41-6)37(5,34(31)19-20-36(32,33)4)23-28-22-29(43-42-28)24-44(39,40)30-13-8-7-9-14-30/h7-9,13-14,25-29,31-34H,10-12,15-24H2,1-6H3/t26?,27-,28+,29-,31?,32?,33?,34?,36+,37-/m0/s1. The normalized spacial score (nSPS) is 37.8. The SMILES string of the molecule is COC(=O)C[C@@H]1CCC2C3CCC(C(C)CCCC(C)C)[C@@]3(C)CCC2[C@@]1(C)C[C@H]1C[C@@H](CS(=O)(=O)c2ccccc2)OO1. The van der Waals surface area contributed by atoms with E-state index < -0.39 is 15.9 Å². The van der Waals surface area contributed by atoms with E-state index in [0.717, 1.165) is 36.5 Å². The van der Waals surface area contributed by atoms with Crippen LogP contribution in [-0.2, 0) is 29.1 Å². The van der Waals surface area contributed by atoms with E-state index in [-0.39, 0.29) is 29.2 Å². The summed E-state index contributed by atoms with van der Waals surface area (Å²) in [6, 6.07) is 8.60. The molecule has 7 heteroatoms. The first-order valence-electron chi connectivity index (χ1n) is 17.5. The van der Waals surface area contributed by atoms with Crippen LogP contribution in [0.3, 0.4) is 0 Å². The fourth-order valence-corrected chi connectivity index (χ4v) is 12.1. The maximum Gasteiger partial charge on any atom is 0.305 e. The first-order chi connectivity index (χ1) is 20.9. The van der Waals surface area contributed by atoms with Gasteiger partial charge in [0.15, 0.2) is 9.84 Å². The van der Waals surface area contributed by atoms with Crippen LogP contribution in [0.15, 0.2) is 35.2 Å². The summed E-state index contributed by atoms with van der Waals surface area (Å²) in [6.07, 6.45) is 12.5. The molecule has 4 fully saturated rings. The van der Waals surface area contributed by atoms with Crippen LogP contribution in [0, 0.1) is 52.3 Å². The number of benzene rings is 1. The van der Waals surface area contributed by atoms with Gasteiger partial charge in [-0.15, -0.1) is 0 Å². The van der Waals surface area contributed by atoms with Gasteiger partial charge in [0, 0.05) is 12.8 Å². The Kier molecular flexibility index (Phi) is 10.6. The quantitative estimate of drug-likeness (QED) is 0.170. The Bertz CT molecular complexity index is 1220. The van der Waals surface area contributed by atoms with Gasteiger partial charge in [0.2, 0.25) is 0 Å². The lowest BCUT2D eigenvalue weighted by molar-refractivity contribution is -0.299. The highest BCUT2D eigenvalue weighted by molar-refractivity contribution is 7.91. The second-order valence-corrected chi connectivity index (χ2v) is 18.0. The van der Waals surface area contributed by atoms with Gasteiger partial charge in [-0.3, -0.25) is 4.79 Å². The molecule has 6 nitrogen and oxygen atoms in total. The van der Waals surface area contributed by atoms with Crippen molar-refractivity contribution in [3.63, 3.8) is 0 Å². The fourth-order valence-electron chi connectivity index (χ4n) is 10.7. The van der Waals surface area contributed by atoms with Crippen LogP contribution in [0.1, 0.15) is 112 Å². The van der Waals surface area contributed by atoms with E-state index in [1.807, 2.05) is 6.07 Å². The van der Waals surface area contributed by atoms with Gasteiger partial charge in [-0.1, -0.05) is 72.1 Å². The molecule has 1 saturated heterocycles. The molecular weight excluding hydrogens is 572 g/mol. The van der Waals surface area contributed by atoms with Crippen molar-refractivity contribution in [3.8, 4) is 0 Å². The van der Waals surface area contributed by atoms with Gasteiger partial charge in [-0.2, -0.15) is 0 Å². The minimum Gasteiger partial charge on any atom is -0.469 e. The molecule has 5 unspecified atom stereocenters. The zero-order valence-electron chi connectivity index (χ0n) is 28.1. The zero-order chi connectivity index (χ0) is 31.7. The summed E-state index contributed by atoms with van der Waals surface area (Å²) in [5, 5.41) is 0. The molecule has 0 radical (unpaired) electrons. The number of carbonyl (C=O) groups excluding carboxylic acids is 1. The summed E-state index contributed by atoms with van der Waals surface area (Å²) in [6.45, 7) is 12.2. The van der Waals surface area contributed by atoms with Crippen molar-refractivity contribution < 1.29 is 27.7 Å². The fraction of sp³-hybridized carbons (Fsp3) is 0.811. The van der Waals surface area contributed by atoms with E-state index in [4.69, 9.17) is 14.5 Å². The maximum atomic E-state index is 13.1. The molecule has 0 spiro atoms. The third kappa shape index (κ3) is 6.95. The monoisotopic (exact) mass is 630 g/mol. The van der Waals surface area contributed by atoms with Crippen molar-refractivity contribution in [2.24, 2.45) is 52.3 Å². The second-order valence-electron chi connectivity index (χ2n) is 15.9. The Morgan fingerprint density at radius 3 is 2.39 bits per heavy atom. The Morgan fingerprint density at radius 2 is 1.68 bits per heavy atom. The molecule has 1 aromatic rings. The molecule has 44 heavy (non-hydrogen) atoms. The molecule has 0 amide bonds. The van der Waals surface area contributed by atoms with Crippen molar-refractivity contribution in [2.45, 2.75) is 129 Å². The molecule has 5 rings (SSSR count). The van der Waals surface area contributed by atoms with Crippen LogP contribution in [0.5, 0.6) is 0 Å². The average Bonchev–Trinajstić information content (AvgIpc) is 3.57. The molecule has 3 aliphatic carbocycles. The molecule has 1 aromatic carbocycles. The molecule has 1 heterocycles. The van der Waals surface area contributed by atoms with Crippen molar-refractivity contribution in [3.05, 3.63) is 30.3 Å². The number of hydrogen-bond donors (Lipinski definition) is 0. The van der Waals surface area contributed by atoms with Crippen LogP contribution < -0.4 is 0 Å². The highest BCUT2D eigenvalue weighted by Gasteiger charge is 2.60. The molecular formula is C37H58O6S. The second kappa shape index (κ2) is 13.7. The van der Waals surface area contributed by atoms with Crippen LogP contribution >= 0.6 is 0 Å². The summed E-state index contributed by atoms with van der Waals surface area (Å²) in [4.78, 5) is 24.6. The third-order valence-corrected chi connectivity index (χ3v) is 14.7. The number of carbonyl (C=O) groups is 1. The van der Waals surface area contributed by atoms with Gasteiger partial charge < -0.3 is 4.74 Å². The van der Waals surface area contributed by atoms with Gasteiger partial charge >= 0.3 is 5.97 Å². The van der Waals surface area contributed by atoms with E-state index in [2.05, 4.69) is 34.6 Å². The predicted octanol–water partition coefficient (Wildman–Crippen LogP) is 8.44. The number of ether oxygens (including phenoxy) is 1. The van der Waals surface area contributed by atoms with Crippen LogP contribution in [0.2, 0.25) is 0 Å². The summed E-state index contributed by atoms with van der Waals surface area (Å²) in [7, 11) is -1.98. The van der Waals surface area contributed by atoms with Crippen molar-refractivity contribution in [1.29, 1.82) is 0 Å². The van der Waals surface area contributed by atoms with Gasteiger partial charge in [0.1, 0.15) is 6.10 Å². The van der Waals surface area contributed by atoms with E-state index in [9.17, 15) is 13.2 Å². The van der Waals surface area contributed by atoms with Gasteiger partial charge in [0.25, 0.3) is 0 Å². The number of methoxy groups -OCH3 is 1. The number of esters is 1. The third-order valence-electron chi connectivity index (χ3n) is 12.9. The zero-order valence-corrected chi connectivity index (χ0v) is 28.9. The Morgan fingerprint density at radius 1 is 0.955 bits per heavy atom. The van der Waals surface area contributed by atoms with E-state index in [0.29, 0.717) is 35.0 Å². The predicted molar refractivity (Wildman–Crippen MR) is 173 cm³/mol. The number of fused-ring (bicyclic) bond motifs is 3. The Balaban J connectivity index is 1.30. The molecule has 248 valence electrons. The minimum absolute atomic E-state index is 0.0843. The summed E-state index contributed by atoms with van der Waals surface area (Å²) in [5.41, 5.74) is 0.305. The molecule has 0 bridgehead atoms. The molecule has 4 aliphatic rings. The van der Waals surface area contributed by atoms with Crippen molar-refractivity contribution >= 4 is 15.8 Å². The Labute approximate surface area is 267 Å². The van der Waals surface area contributed by atoms with Gasteiger partial charge in [0.05, 0.1) is 23.9 Å². The number of sulfone groups is 1. The van der Waals surface area contributed by atoms with E-state index >= 15 is 0 Å². The van der Waals surface area contributed by atoms with Crippen molar-refractivity contribution in [2.75, 3.05) is 12.9 Å². The number of hydrogen-bond acceptors (Lipinski definition) is 6. The largest absolute Gasteiger partial charge is 0.469 e. The smallest absolute Gasteiger partial charge is 0.305 e. The lowest BCUT2D eigenvalue weighted by Gasteiger charge is -2.59. The van der Waals surface area contributed by atoms with Crippen LogP contribution in [-0.4, -0.2) is 39.5 Å². The Hall–Kier alpha value is -1.44. The highest BCUT2D eigenvalue weighted by atomic mass is 32.2. The lowest BCUT2D eigenvalue weighted by Crippen LogP contribution is -2.53. The maximum absolute atomic E-state index is 13.1. The van der Waals surface area contributed by atoms with Crippen LogP contribution in [0.4, 0.5) is 0 Å². The minimum atomic E-state index is -3.47. The van der Waals surface area contributed by atoms with Gasteiger partial charge in [-0.05, 0) is 109 Å². The first kappa shape index (κ1) is 33.9. The molecule has 10 atom stereocenters. The number of rotatable bonds is 12. The summed E-state index contributed by atoms with van der Waals surface area (Å²) >= 11 is 0. The molecule has 0 N–H and O–H groups in total. The van der Waals surface area contributed by atoms with Crippen molar-refractivity contribution in [1.82, 2.24) is 0 Å². The lowest BCUT2D eigenvalue weighted by atomic mass is 9.45. The van der Waals surface area contributed by atoms with E-state index in [1.165, 1.54) is 58.5 Å². The van der Waals surface area contributed by atoms with E-state index in [1.54, 1.807) is 24.3 Å². The van der Waals surface area contributed by atoms with Crippen LogP contribution in [0.25, 0.3) is 0 Å².